The molecule has 1 saturated heterocycles. The van der Waals surface area contributed by atoms with Crippen molar-refractivity contribution in [3.05, 3.63) is 35.4 Å². The molecule has 1 fully saturated rings. The number of nitrogens with one attached hydrogen (secondary N) is 2. The van der Waals surface area contributed by atoms with Gasteiger partial charge < -0.3 is 10.1 Å². The van der Waals surface area contributed by atoms with Crippen molar-refractivity contribution >= 4 is 40.7 Å². The van der Waals surface area contributed by atoms with Crippen LogP contribution in [0.15, 0.2) is 24.3 Å². The number of hydrogen-bond donors (Lipinski definition) is 2. The maximum absolute atomic E-state index is 12.3. The molecule has 1 amide bonds. The molecule has 0 bridgehead atoms. The second-order valence-electron chi connectivity index (χ2n) is 5.36. The summed E-state index contributed by atoms with van der Waals surface area (Å²) in [5.41, 5.74) is 1.59. The van der Waals surface area contributed by atoms with E-state index in [4.69, 9.17) is 39.5 Å². The summed E-state index contributed by atoms with van der Waals surface area (Å²) in [6.07, 6.45) is 1.29. The Kier molecular flexibility index (Phi) is 6.36. The van der Waals surface area contributed by atoms with E-state index in [9.17, 15) is 4.79 Å². The molecule has 7 heteroatoms. The Balaban J connectivity index is 1.96. The van der Waals surface area contributed by atoms with Gasteiger partial charge in [0.2, 0.25) is 3.79 Å². The van der Waals surface area contributed by atoms with Gasteiger partial charge in [0, 0.05) is 18.7 Å². The fraction of sp³-hybridized carbons (Fsp3) is 0.533. The van der Waals surface area contributed by atoms with E-state index >= 15 is 0 Å². The molecule has 122 valence electrons. The summed E-state index contributed by atoms with van der Waals surface area (Å²) in [7, 11) is 0. The van der Waals surface area contributed by atoms with Crippen LogP contribution in [0.5, 0.6) is 0 Å². The largest absolute Gasteiger partial charge is 0.377 e. The molecule has 4 nitrogen and oxygen atoms in total. The highest BCUT2D eigenvalue weighted by Gasteiger charge is 2.34. The Morgan fingerprint density at radius 3 is 2.59 bits per heavy atom. The summed E-state index contributed by atoms with van der Waals surface area (Å²) < 4.78 is 3.86. The van der Waals surface area contributed by atoms with Crippen LogP contribution in [-0.2, 0) is 4.74 Å². The SMILES string of the molecule is Cc1ccc(C(=O)N[C@@H](NC[C@@H]2CCCO2)C(Cl)(Cl)Cl)cc1. The van der Waals surface area contributed by atoms with Gasteiger partial charge in [0.15, 0.2) is 0 Å². The molecule has 0 aliphatic carbocycles. The number of amides is 1. The Morgan fingerprint density at radius 1 is 1.36 bits per heavy atom. The predicted octanol–water partition coefficient (Wildman–Crippen LogP) is 3.19. The zero-order valence-corrected chi connectivity index (χ0v) is 14.5. The van der Waals surface area contributed by atoms with E-state index in [1.165, 1.54) is 0 Å². The van der Waals surface area contributed by atoms with Crippen LogP contribution in [0.3, 0.4) is 0 Å². The van der Waals surface area contributed by atoms with Crippen LogP contribution in [0, 0.1) is 6.92 Å². The summed E-state index contributed by atoms with van der Waals surface area (Å²) in [6.45, 7) is 3.22. The highest BCUT2D eigenvalue weighted by Crippen LogP contribution is 2.29. The molecule has 1 aliphatic heterocycles. The number of rotatable bonds is 5. The van der Waals surface area contributed by atoms with E-state index in [1.54, 1.807) is 12.1 Å². The van der Waals surface area contributed by atoms with Crippen LogP contribution in [-0.4, -0.2) is 35.1 Å². The van der Waals surface area contributed by atoms with Gasteiger partial charge in [0.25, 0.3) is 5.91 Å². The summed E-state index contributed by atoms with van der Waals surface area (Å²) >= 11 is 17.9. The number of halogens is 3. The zero-order chi connectivity index (χ0) is 16.2. The fourth-order valence-corrected chi connectivity index (χ4v) is 2.62. The second kappa shape index (κ2) is 7.84. The number of alkyl halides is 3. The highest BCUT2D eigenvalue weighted by atomic mass is 35.6. The van der Waals surface area contributed by atoms with Crippen LogP contribution in [0.4, 0.5) is 0 Å². The van der Waals surface area contributed by atoms with Gasteiger partial charge in [-0.2, -0.15) is 0 Å². The number of aryl methyl sites for hydroxylation is 1. The maximum Gasteiger partial charge on any atom is 0.252 e. The number of carbonyl (C=O) groups is 1. The number of benzene rings is 1. The van der Waals surface area contributed by atoms with Gasteiger partial charge in [-0.3, -0.25) is 10.1 Å². The lowest BCUT2D eigenvalue weighted by molar-refractivity contribution is 0.0897. The average Bonchev–Trinajstić information content (AvgIpc) is 2.96. The first-order valence-electron chi connectivity index (χ1n) is 7.15. The Hall–Kier alpha value is -0.520. The van der Waals surface area contributed by atoms with Crippen molar-refractivity contribution in [2.45, 2.75) is 35.8 Å². The fourth-order valence-electron chi connectivity index (χ4n) is 2.22. The normalized spacial score (nSPS) is 19.9. The van der Waals surface area contributed by atoms with Crippen LogP contribution in [0.25, 0.3) is 0 Å². The van der Waals surface area contributed by atoms with Gasteiger partial charge in [-0.05, 0) is 31.9 Å². The number of hydrogen-bond acceptors (Lipinski definition) is 3. The molecule has 0 saturated carbocycles. The molecule has 1 aliphatic rings. The smallest absolute Gasteiger partial charge is 0.252 e. The summed E-state index contributed by atoms with van der Waals surface area (Å²) in [4.78, 5) is 12.3. The van der Waals surface area contributed by atoms with Gasteiger partial charge >= 0.3 is 0 Å². The van der Waals surface area contributed by atoms with Gasteiger partial charge in [-0.15, -0.1) is 0 Å². The molecule has 0 unspecified atom stereocenters. The molecule has 0 spiro atoms. The van der Waals surface area contributed by atoms with Crippen molar-refractivity contribution in [3.8, 4) is 0 Å². The first kappa shape index (κ1) is 17.8. The average molecular weight is 366 g/mol. The third kappa shape index (κ3) is 5.28. The molecule has 2 rings (SSSR count). The van der Waals surface area contributed by atoms with E-state index < -0.39 is 9.96 Å². The van der Waals surface area contributed by atoms with Crippen LogP contribution in [0.2, 0.25) is 0 Å². The lowest BCUT2D eigenvalue weighted by Gasteiger charge is -2.27. The van der Waals surface area contributed by atoms with E-state index in [2.05, 4.69) is 10.6 Å². The molecule has 1 aromatic rings. The monoisotopic (exact) mass is 364 g/mol. The van der Waals surface area contributed by atoms with E-state index in [1.807, 2.05) is 19.1 Å². The standard InChI is InChI=1S/C15H19Cl3N2O2/c1-10-4-6-11(7-5-10)13(21)20-14(15(16,17)18)19-9-12-3-2-8-22-12/h4-7,12,14,19H,2-3,8-9H2,1H3,(H,20,21)/t12-,14+/m0/s1. The summed E-state index contributed by atoms with van der Waals surface area (Å²) in [5, 5.41) is 5.78. The van der Waals surface area contributed by atoms with Crippen molar-refractivity contribution in [2.75, 3.05) is 13.2 Å². The summed E-state index contributed by atoms with van der Waals surface area (Å²) in [5.74, 6) is -0.295. The third-order valence-corrected chi connectivity index (χ3v) is 4.14. The molecule has 2 atom stereocenters. The van der Waals surface area contributed by atoms with E-state index in [0.717, 1.165) is 25.0 Å². The Morgan fingerprint density at radius 2 is 2.05 bits per heavy atom. The lowest BCUT2D eigenvalue weighted by atomic mass is 10.1. The number of ether oxygens (including phenoxy) is 1. The van der Waals surface area contributed by atoms with Gasteiger partial charge in [0.05, 0.1) is 6.10 Å². The van der Waals surface area contributed by atoms with Crippen LogP contribution in [0.1, 0.15) is 28.8 Å². The molecule has 1 aromatic carbocycles. The van der Waals surface area contributed by atoms with Crippen molar-refractivity contribution in [2.24, 2.45) is 0 Å². The molecule has 0 radical (unpaired) electrons. The van der Waals surface area contributed by atoms with Crippen LogP contribution >= 0.6 is 34.8 Å². The highest BCUT2D eigenvalue weighted by molar-refractivity contribution is 6.68. The van der Waals surface area contributed by atoms with Crippen molar-refractivity contribution in [1.82, 2.24) is 10.6 Å². The zero-order valence-electron chi connectivity index (χ0n) is 12.2. The molecule has 2 N–H and O–H groups in total. The minimum absolute atomic E-state index is 0.0890. The van der Waals surface area contributed by atoms with E-state index in [0.29, 0.717) is 12.1 Å². The first-order chi connectivity index (χ1) is 10.4. The van der Waals surface area contributed by atoms with Gasteiger partial charge in [-0.25, -0.2) is 0 Å². The van der Waals surface area contributed by atoms with Gasteiger partial charge in [-0.1, -0.05) is 52.5 Å². The van der Waals surface area contributed by atoms with Crippen molar-refractivity contribution < 1.29 is 9.53 Å². The minimum Gasteiger partial charge on any atom is -0.377 e. The maximum atomic E-state index is 12.3. The molecule has 22 heavy (non-hydrogen) atoms. The molecule has 1 heterocycles. The molecule has 0 aromatic heterocycles. The van der Waals surface area contributed by atoms with Crippen molar-refractivity contribution in [3.63, 3.8) is 0 Å². The quantitative estimate of drug-likeness (QED) is 0.622. The van der Waals surface area contributed by atoms with Gasteiger partial charge in [0.1, 0.15) is 6.17 Å². The Labute approximate surface area is 145 Å². The minimum atomic E-state index is -1.65. The van der Waals surface area contributed by atoms with E-state index in [-0.39, 0.29) is 12.0 Å². The topological polar surface area (TPSA) is 50.4 Å². The van der Waals surface area contributed by atoms with Crippen LogP contribution < -0.4 is 10.6 Å². The molecular weight excluding hydrogens is 347 g/mol. The Bertz CT molecular complexity index is 497. The molecular formula is C15H19Cl3N2O2. The summed E-state index contributed by atoms with van der Waals surface area (Å²) in [6, 6.07) is 7.19. The van der Waals surface area contributed by atoms with Crippen molar-refractivity contribution in [1.29, 1.82) is 0 Å². The number of carbonyl (C=O) groups excluding carboxylic acids is 1. The lowest BCUT2D eigenvalue weighted by Crippen LogP contribution is -2.54. The third-order valence-electron chi connectivity index (χ3n) is 3.49. The first-order valence-corrected chi connectivity index (χ1v) is 8.29. The second-order valence-corrected chi connectivity index (χ2v) is 7.73. The predicted molar refractivity (Wildman–Crippen MR) is 89.7 cm³/mol.